The lowest BCUT2D eigenvalue weighted by Crippen LogP contribution is -2.25. The molecule has 3 heteroatoms. The molecule has 20 heavy (non-hydrogen) atoms. The molecule has 0 N–H and O–H groups in total. The molecule has 0 aliphatic carbocycles. The molecule has 0 unspecified atom stereocenters. The molecule has 0 atom stereocenters. The largest absolute Gasteiger partial charge is 0.493 e. The first-order valence-electron chi connectivity index (χ1n) is 7.54. The van der Waals surface area contributed by atoms with E-state index < -0.39 is 0 Å². The van der Waals surface area contributed by atoms with Gasteiger partial charge in [0.25, 0.3) is 0 Å². The third-order valence-electron chi connectivity index (χ3n) is 3.63. The highest BCUT2D eigenvalue weighted by molar-refractivity contribution is 5.49. The number of hydrogen-bond donors (Lipinski definition) is 0. The van der Waals surface area contributed by atoms with Crippen molar-refractivity contribution in [2.24, 2.45) is 5.92 Å². The predicted octanol–water partition coefficient (Wildman–Crippen LogP) is 3.32. The Morgan fingerprint density at radius 2 is 2.15 bits per heavy atom. The van der Waals surface area contributed by atoms with Crippen molar-refractivity contribution in [1.29, 1.82) is 0 Å². The lowest BCUT2D eigenvalue weighted by molar-refractivity contribution is -0.119. The van der Waals surface area contributed by atoms with Crippen LogP contribution < -0.4 is 4.74 Å². The lowest BCUT2D eigenvalue weighted by Gasteiger charge is -2.21. The predicted molar refractivity (Wildman–Crippen MR) is 80.9 cm³/mol. The Labute approximate surface area is 121 Å². The number of aryl methyl sites for hydroxylation is 2. The van der Waals surface area contributed by atoms with Gasteiger partial charge >= 0.3 is 0 Å². The van der Waals surface area contributed by atoms with Gasteiger partial charge in [-0.2, -0.15) is 0 Å². The minimum absolute atomic E-state index is 0.491. The van der Waals surface area contributed by atoms with Crippen LogP contribution in [0.1, 0.15) is 43.4 Å². The highest BCUT2D eigenvalue weighted by Gasteiger charge is 2.14. The van der Waals surface area contributed by atoms with Crippen LogP contribution in [-0.2, 0) is 17.8 Å². The van der Waals surface area contributed by atoms with E-state index in [2.05, 4.69) is 32.9 Å². The second kappa shape index (κ2) is 6.78. The fourth-order valence-corrected chi connectivity index (χ4v) is 2.85. The van der Waals surface area contributed by atoms with E-state index in [1.165, 1.54) is 23.1 Å². The molecule has 110 valence electrons. The molecule has 0 spiro atoms. The zero-order valence-corrected chi connectivity index (χ0v) is 12.8. The fraction of sp³-hybridized carbons (Fsp3) is 0.588. The van der Waals surface area contributed by atoms with Gasteiger partial charge in [0.2, 0.25) is 6.41 Å². The normalized spacial score (nSPS) is 14.4. The van der Waals surface area contributed by atoms with Crippen molar-refractivity contribution in [3.63, 3.8) is 0 Å². The topological polar surface area (TPSA) is 29.5 Å². The third kappa shape index (κ3) is 3.75. The van der Waals surface area contributed by atoms with Gasteiger partial charge < -0.3 is 9.64 Å². The Hall–Kier alpha value is -1.51. The van der Waals surface area contributed by atoms with Gasteiger partial charge in [-0.05, 0) is 48.8 Å². The van der Waals surface area contributed by atoms with Crippen molar-refractivity contribution in [2.45, 2.75) is 46.6 Å². The lowest BCUT2D eigenvalue weighted by atomic mass is 10.0. The van der Waals surface area contributed by atoms with Crippen molar-refractivity contribution in [3.8, 4) is 5.75 Å². The van der Waals surface area contributed by atoms with E-state index in [1.807, 2.05) is 4.90 Å². The van der Waals surface area contributed by atoms with E-state index in [-0.39, 0.29) is 0 Å². The summed E-state index contributed by atoms with van der Waals surface area (Å²) in [7, 11) is 0. The van der Waals surface area contributed by atoms with Gasteiger partial charge in [0, 0.05) is 13.1 Å². The molecule has 0 bridgehead atoms. The van der Waals surface area contributed by atoms with Crippen LogP contribution in [0, 0.1) is 12.8 Å². The molecular formula is C17H25NO2. The van der Waals surface area contributed by atoms with Gasteiger partial charge in [-0.1, -0.05) is 26.0 Å². The first-order valence-corrected chi connectivity index (χ1v) is 7.54. The number of carbonyl (C=O) groups excluding carboxylic acids is 1. The van der Waals surface area contributed by atoms with Crippen LogP contribution in [0.15, 0.2) is 12.1 Å². The maximum atomic E-state index is 11.2. The first kappa shape index (κ1) is 14.9. The second-order valence-corrected chi connectivity index (χ2v) is 6.14. The summed E-state index contributed by atoms with van der Waals surface area (Å²) >= 11 is 0. The fourth-order valence-electron chi connectivity index (χ4n) is 2.85. The quantitative estimate of drug-likeness (QED) is 0.771. The number of carbonyl (C=O) groups is 1. The summed E-state index contributed by atoms with van der Waals surface area (Å²) in [6.45, 7) is 8.67. The zero-order chi connectivity index (χ0) is 14.5. The molecule has 0 radical (unpaired) electrons. The smallest absolute Gasteiger partial charge is 0.210 e. The van der Waals surface area contributed by atoms with Gasteiger partial charge in [-0.3, -0.25) is 4.79 Å². The average molecular weight is 275 g/mol. The first-order chi connectivity index (χ1) is 9.60. The maximum Gasteiger partial charge on any atom is 0.210 e. The van der Waals surface area contributed by atoms with Gasteiger partial charge in [0.15, 0.2) is 0 Å². The number of benzene rings is 1. The van der Waals surface area contributed by atoms with Crippen LogP contribution in [0.25, 0.3) is 0 Å². The summed E-state index contributed by atoms with van der Waals surface area (Å²) in [6.07, 6.45) is 4.34. The summed E-state index contributed by atoms with van der Waals surface area (Å²) in [4.78, 5) is 13.0. The second-order valence-electron chi connectivity index (χ2n) is 6.14. The monoisotopic (exact) mass is 275 g/mol. The number of hydrogen-bond acceptors (Lipinski definition) is 2. The molecule has 2 rings (SSSR count). The van der Waals surface area contributed by atoms with Crippen LogP contribution in [-0.4, -0.2) is 24.5 Å². The SMILES string of the molecule is Cc1cc(CN(C=O)CC(C)C)cc2c1OCCCC2. The van der Waals surface area contributed by atoms with Gasteiger partial charge in [-0.25, -0.2) is 0 Å². The summed E-state index contributed by atoms with van der Waals surface area (Å²) in [5.74, 6) is 1.55. The molecule has 0 fully saturated rings. The highest BCUT2D eigenvalue weighted by Crippen LogP contribution is 2.29. The highest BCUT2D eigenvalue weighted by atomic mass is 16.5. The van der Waals surface area contributed by atoms with Gasteiger partial charge in [-0.15, -0.1) is 0 Å². The minimum Gasteiger partial charge on any atom is -0.493 e. The van der Waals surface area contributed by atoms with E-state index in [1.54, 1.807) is 0 Å². The van der Waals surface area contributed by atoms with Crippen LogP contribution in [0.3, 0.4) is 0 Å². The van der Waals surface area contributed by atoms with E-state index >= 15 is 0 Å². The average Bonchev–Trinajstić information content (AvgIpc) is 2.63. The number of nitrogens with zero attached hydrogens (tertiary/aromatic N) is 1. The molecule has 1 aromatic rings. The minimum atomic E-state index is 0.491. The molecule has 1 aliphatic heterocycles. The Morgan fingerprint density at radius 1 is 1.35 bits per heavy atom. The molecule has 3 nitrogen and oxygen atoms in total. The molecule has 1 heterocycles. The Kier molecular flexibility index (Phi) is 5.05. The van der Waals surface area contributed by atoms with Crippen molar-refractivity contribution in [1.82, 2.24) is 4.90 Å². The summed E-state index contributed by atoms with van der Waals surface area (Å²) < 4.78 is 5.85. The van der Waals surface area contributed by atoms with Crippen LogP contribution in [0.4, 0.5) is 0 Å². The maximum absolute atomic E-state index is 11.2. The third-order valence-corrected chi connectivity index (χ3v) is 3.63. The molecular weight excluding hydrogens is 250 g/mol. The molecule has 0 saturated carbocycles. The van der Waals surface area contributed by atoms with Crippen LogP contribution >= 0.6 is 0 Å². The van der Waals surface area contributed by atoms with E-state index in [0.717, 1.165) is 38.2 Å². The van der Waals surface area contributed by atoms with Crippen LogP contribution in [0.2, 0.25) is 0 Å². The molecule has 1 aromatic carbocycles. The van der Waals surface area contributed by atoms with Gasteiger partial charge in [0.05, 0.1) is 6.61 Å². The standard InChI is InChI=1S/C17H25NO2/c1-13(2)10-18(12-19)11-15-8-14(3)17-16(9-15)6-4-5-7-20-17/h8-9,12-13H,4-7,10-11H2,1-3H3. The van der Waals surface area contributed by atoms with E-state index in [0.29, 0.717) is 12.5 Å². The summed E-state index contributed by atoms with van der Waals surface area (Å²) in [6, 6.07) is 4.37. The van der Waals surface area contributed by atoms with Gasteiger partial charge in [0.1, 0.15) is 5.75 Å². The van der Waals surface area contributed by atoms with Crippen molar-refractivity contribution >= 4 is 6.41 Å². The van der Waals surface area contributed by atoms with Crippen molar-refractivity contribution in [3.05, 3.63) is 28.8 Å². The summed E-state index contributed by atoms with van der Waals surface area (Å²) in [5.41, 5.74) is 3.70. The van der Waals surface area contributed by atoms with E-state index in [4.69, 9.17) is 4.74 Å². The molecule has 0 aromatic heterocycles. The number of fused-ring (bicyclic) bond motifs is 1. The Morgan fingerprint density at radius 3 is 2.85 bits per heavy atom. The Balaban J connectivity index is 2.18. The number of rotatable bonds is 5. The Bertz CT molecular complexity index is 468. The molecule has 1 aliphatic rings. The summed E-state index contributed by atoms with van der Waals surface area (Å²) in [5, 5.41) is 0. The zero-order valence-electron chi connectivity index (χ0n) is 12.8. The van der Waals surface area contributed by atoms with Crippen LogP contribution in [0.5, 0.6) is 5.75 Å². The molecule has 0 saturated heterocycles. The molecule has 1 amide bonds. The van der Waals surface area contributed by atoms with E-state index in [9.17, 15) is 4.79 Å². The van der Waals surface area contributed by atoms with Crippen molar-refractivity contribution in [2.75, 3.05) is 13.2 Å². The van der Waals surface area contributed by atoms with Crippen molar-refractivity contribution < 1.29 is 9.53 Å². The number of amides is 1. The number of ether oxygens (including phenoxy) is 1.